The van der Waals surface area contributed by atoms with Gasteiger partial charge in [-0.05, 0) is 61.8 Å². The van der Waals surface area contributed by atoms with Gasteiger partial charge in [-0.15, -0.1) is 6.58 Å². The summed E-state index contributed by atoms with van der Waals surface area (Å²) in [4.78, 5) is 6.68. The molecule has 0 unspecified atom stereocenters. The second-order valence-corrected chi connectivity index (χ2v) is 7.73. The molecule has 30 heavy (non-hydrogen) atoms. The molecule has 0 aliphatic carbocycles. The van der Waals surface area contributed by atoms with E-state index in [4.69, 9.17) is 22.1 Å². The lowest BCUT2D eigenvalue weighted by Crippen LogP contribution is -2.27. The Balaban J connectivity index is 1.60. The van der Waals surface area contributed by atoms with Crippen molar-refractivity contribution in [3.63, 3.8) is 0 Å². The van der Waals surface area contributed by atoms with Gasteiger partial charge in [-0.2, -0.15) is 5.10 Å². The first-order valence-corrected chi connectivity index (χ1v) is 10.8. The van der Waals surface area contributed by atoms with Crippen LogP contribution in [-0.4, -0.2) is 37.4 Å². The Morgan fingerprint density at radius 1 is 1.27 bits per heavy atom. The molecule has 0 spiro atoms. The number of hydrogen-bond acceptors (Lipinski definition) is 5. The minimum atomic E-state index is 0.356. The minimum absolute atomic E-state index is 0.356. The summed E-state index contributed by atoms with van der Waals surface area (Å²) < 4.78 is 10.2. The van der Waals surface area contributed by atoms with E-state index < -0.39 is 0 Å². The van der Waals surface area contributed by atoms with E-state index in [1.807, 2.05) is 40.6 Å². The molecular formula is C23H27N5OS. The van der Waals surface area contributed by atoms with E-state index in [-0.39, 0.29) is 0 Å². The van der Waals surface area contributed by atoms with Crippen molar-refractivity contribution in [3.8, 4) is 17.1 Å². The van der Waals surface area contributed by atoms with Crippen LogP contribution in [0.2, 0.25) is 0 Å². The van der Waals surface area contributed by atoms with E-state index in [0.717, 1.165) is 36.5 Å². The maximum atomic E-state index is 5.77. The van der Waals surface area contributed by atoms with Gasteiger partial charge in [0.15, 0.2) is 10.6 Å². The monoisotopic (exact) mass is 421 g/mol. The highest BCUT2D eigenvalue weighted by molar-refractivity contribution is 7.71. The van der Waals surface area contributed by atoms with Gasteiger partial charge in [-0.25, -0.2) is 4.68 Å². The molecule has 6 nitrogen and oxygen atoms in total. The quantitative estimate of drug-likeness (QED) is 0.384. The first-order valence-electron chi connectivity index (χ1n) is 10.4. The first-order chi connectivity index (χ1) is 14.7. The molecule has 1 saturated heterocycles. The highest BCUT2D eigenvalue weighted by Gasteiger charge is 2.27. The number of likely N-dealkylation sites (tertiary alicyclic amines) is 1. The predicted octanol–water partition coefficient (Wildman–Crippen LogP) is 4.86. The molecule has 1 aliphatic heterocycles. The molecule has 0 bridgehead atoms. The van der Waals surface area contributed by atoms with E-state index in [1.165, 1.54) is 5.56 Å². The predicted molar refractivity (Wildman–Crippen MR) is 121 cm³/mol. The molecule has 156 valence electrons. The smallest absolute Gasteiger partial charge is 0.199 e. The Morgan fingerprint density at radius 2 is 2.10 bits per heavy atom. The number of allylic oxidation sites excluding steroid dienone is 1. The second-order valence-electron chi connectivity index (χ2n) is 7.36. The van der Waals surface area contributed by atoms with Crippen LogP contribution in [0.3, 0.4) is 0 Å². The van der Waals surface area contributed by atoms with Crippen LogP contribution in [0.4, 0.5) is 0 Å². The molecule has 1 aliphatic rings. The largest absolute Gasteiger partial charge is 0.494 e. The number of rotatable bonds is 8. The molecule has 0 radical (unpaired) electrons. The van der Waals surface area contributed by atoms with Crippen LogP contribution in [0.25, 0.3) is 11.4 Å². The molecule has 0 N–H and O–H groups in total. The fourth-order valence-electron chi connectivity index (χ4n) is 4.03. The van der Waals surface area contributed by atoms with Crippen LogP contribution in [0.15, 0.2) is 61.4 Å². The van der Waals surface area contributed by atoms with Gasteiger partial charge in [0.25, 0.3) is 0 Å². The Bertz CT molecular complexity index is 1040. The summed E-state index contributed by atoms with van der Waals surface area (Å²) in [7, 11) is 0. The van der Waals surface area contributed by atoms with Gasteiger partial charge in [-0.1, -0.05) is 18.2 Å². The summed E-state index contributed by atoms with van der Waals surface area (Å²) in [6.07, 6.45) is 7.72. The molecule has 3 heterocycles. The van der Waals surface area contributed by atoms with E-state index in [9.17, 15) is 0 Å². The molecule has 1 fully saturated rings. The highest BCUT2D eigenvalue weighted by atomic mass is 32.1. The van der Waals surface area contributed by atoms with Gasteiger partial charge >= 0.3 is 0 Å². The van der Waals surface area contributed by atoms with Crippen molar-refractivity contribution < 1.29 is 4.74 Å². The van der Waals surface area contributed by atoms with Gasteiger partial charge in [0, 0.05) is 37.1 Å². The van der Waals surface area contributed by atoms with Crippen LogP contribution >= 0.6 is 12.2 Å². The van der Waals surface area contributed by atoms with Crippen LogP contribution < -0.4 is 4.74 Å². The molecule has 0 saturated carbocycles. The number of hydrogen-bond donors (Lipinski definition) is 0. The lowest BCUT2D eigenvalue weighted by Gasteiger charge is -2.24. The van der Waals surface area contributed by atoms with E-state index >= 15 is 0 Å². The Hall–Kier alpha value is -2.77. The van der Waals surface area contributed by atoms with E-state index in [0.29, 0.717) is 30.6 Å². The fourth-order valence-corrected chi connectivity index (χ4v) is 4.29. The molecule has 0 amide bonds. The van der Waals surface area contributed by atoms with Gasteiger partial charge in [-0.3, -0.25) is 14.5 Å². The average Bonchev–Trinajstić information content (AvgIpc) is 3.36. The van der Waals surface area contributed by atoms with Gasteiger partial charge in [0.05, 0.1) is 13.3 Å². The van der Waals surface area contributed by atoms with Crippen LogP contribution in [0.1, 0.15) is 31.4 Å². The number of ether oxygens (including phenoxy) is 1. The number of benzene rings is 1. The van der Waals surface area contributed by atoms with Crippen molar-refractivity contribution in [2.45, 2.75) is 39.0 Å². The Kier molecular flexibility index (Phi) is 6.40. The fraction of sp³-hybridized carbons (Fsp3) is 0.348. The lowest BCUT2D eigenvalue weighted by atomic mass is 10.0. The summed E-state index contributed by atoms with van der Waals surface area (Å²) in [6, 6.07) is 12.7. The number of aromatic nitrogens is 4. The van der Waals surface area contributed by atoms with E-state index in [2.05, 4.69) is 40.7 Å². The second kappa shape index (κ2) is 9.36. The summed E-state index contributed by atoms with van der Waals surface area (Å²) in [5.41, 5.74) is 2.26. The third-order valence-electron chi connectivity index (χ3n) is 5.41. The zero-order valence-electron chi connectivity index (χ0n) is 17.3. The van der Waals surface area contributed by atoms with Crippen molar-refractivity contribution in [2.24, 2.45) is 0 Å². The molecule has 4 rings (SSSR count). The summed E-state index contributed by atoms with van der Waals surface area (Å²) in [6.45, 7) is 8.86. The van der Waals surface area contributed by atoms with Gasteiger partial charge < -0.3 is 4.74 Å². The van der Waals surface area contributed by atoms with E-state index in [1.54, 1.807) is 6.20 Å². The summed E-state index contributed by atoms with van der Waals surface area (Å²) in [5, 5.41) is 4.85. The standard InChI is InChI=1S/C23H27N5OS/c1-3-14-27-22(19-7-5-13-24-16-19)25-28(23(27)30)17-26-15-6-8-21(26)18-9-11-20(12-10-18)29-4-2/h3,5,7,9-13,16,21H,1,4,6,8,14-15,17H2,2H3/t21-/m0/s1. The molecule has 7 heteroatoms. The van der Waals surface area contributed by atoms with Crippen LogP contribution in [0.5, 0.6) is 5.75 Å². The van der Waals surface area contributed by atoms with Crippen LogP contribution in [0, 0.1) is 4.77 Å². The third kappa shape index (κ3) is 4.22. The van der Waals surface area contributed by atoms with Gasteiger partial charge in [0.2, 0.25) is 0 Å². The molecular weight excluding hydrogens is 394 g/mol. The highest BCUT2D eigenvalue weighted by Crippen LogP contribution is 2.33. The third-order valence-corrected chi connectivity index (χ3v) is 5.84. The van der Waals surface area contributed by atoms with Crippen molar-refractivity contribution in [1.82, 2.24) is 24.2 Å². The lowest BCUT2D eigenvalue weighted by molar-refractivity contribution is 0.189. The topological polar surface area (TPSA) is 48.1 Å². The van der Waals surface area contributed by atoms with Crippen molar-refractivity contribution in [1.29, 1.82) is 0 Å². The Labute approximate surface area is 182 Å². The molecule has 1 atom stereocenters. The van der Waals surface area contributed by atoms with Crippen molar-refractivity contribution in [3.05, 3.63) is 71.8 Å². The maximum Gasteiger partial charge on any atom is 0.199 e. The van der Waals surface area contributed by atoms with Crippen LogP contribution in [-0.2, 0) is 13.2 Å². The van der Waals surface area contributed by atoms with Crippen molar-refractivity contribution in [2.75, 3.05) is 13.2 Å². The zero-order chi connectivity index (χ0) is 20.9. The summed E-state index contributed by atoms with van der Waals surface area (Å²) in [5.74, 6) is 1.74. The SMILES string of the molecule is C=CCn1c(-c2cccnc2)nn(CN2CCC[C@H]2c2ccc(OCC)cc2)c1=S. The number of nitrogens with zero attached hydrogens (tertiary/aromatic N) is 5. The molecule has 3 aromatic rings. The maximum absolute atomic E-state index is 5.77. The normalized spacial score (nSPS) is 16.6. The Morgan fingerprint density at radius 3 is 2.80 bits per heavy atom. The zero-order valence-corrected chi connectivity index (χ0v) is 18.1. The molecule has 1 aromatic carbocycles. The average molecular weight is 422 g/mol. The summed E-state index contributed by atoms with van der Waals surface area (Å²) >= 11 is 5.77. The number of pyridine rings is 1. The van der Waals surface area contributed by atoms with Crippen molar-refractivity contribution >= 4 is 12.2 Å². The van der Waals surface area contributed by atoms with Gasteiger partial charge in [0.1, 0.15) is 5.75 Å². The minimum Gasteiger partial charge on any atom is -0.494 e. The molecule has 2 aromatic heterocycles. The first kappa shape index (κ1) is 20.5.